The third-order valence-corrected chi connectivity index (χ3v) is 5.09. The van der Waals surface area contributed by atoms with Gasteiger partial charge in [-0.2, -0.15) is 0 Å². The van der Waals surface area contributed by atoms with Crippen LogP contribution in [0.15, 0.2) is 48.5 Å². The van der Waals surface area contributed by atoms with Gasteiger partial charge in [-0.1, -0.05) is 12.1 Å². The van der Waals surface area contributed by atoms with Crippen molar-refractivity contribution in [1.29, 1.82) is 0 Å². The zero-order chi connectivity index (χ0) is 19.9. The van der Waals surface area contributed by atoms with E-state index in [9.17, 15) is 9.90 Å². The molecule has 7 heteroatoms. The maximum Gasteiger partial charge on any atom is 0.338 e. The summed E-state index contributed by atoms with van der Waals surface area (Å²) in [5.41, 5.74) is 1.48. The Hall–Kier alpha value is -2.48. The van der Waals surface area contributed by atoms with Crippen LogP contribution < -0.4 is 4.74 Å². The van der Waals surface area contributed by atoms with Gasteiger partial charge in [0.05, 0.1) is 28.9 Å². The van der Waals surface area contributed by atoms with E-state index in [0.29, 0.717) is 31.0 Å². The van der Waals surface area contributed by atoms with Crippen LogP contribution in [0.3, 0.4) is 0 Å². The minimum absolute atomic E-state index is 0.170. The van der Waals surface area contributed by atoms with Crippen molar-refractivity contribution < 1.29 is 19.4 Å². The number of aromatic nitrogens is 1. The van der Waals surface area contributed by atoms with E-state index in [1.807, 2.05) is 30.1 Å². The SMILES string of the molecule is CCOC(=O)c1ccc(OCC(O)CN(C)Cc2nc3ccccc3s2)cc1. The van der Waals surface area contributed by atoms with Gasteiger partial charge >= 0.3 is 5.97 Å². The van der Waals surface area contributed by atoms with E-state index in [4.69, 9.17) is 9.47 Å². The number of nitrogens with zero attached hydrogens (tertiary/aromatic N) is 2. The van der Waals surface area contributed by atoms with E-state index in [1.54, 1.807) is 42.5 Å². The normalized spacial score (nSPS) is 12.3. The Bertz CT molecular complexity index is 877. The number of hydrogen-bond acceptors (Lipinski definition) is 7. The van der Waals surface area contributed by atoms with Gasteiger partial charge in [0.25, 0.3) is 0 Å². The van der Waals surface area contributed by atoms with Gasteiger partial charge in [0, 0.05) is 6.54 Å². The zero-order valence-corrected chi connectivity index (χ0v) is 16.8. The molecule has 0 aliphatic heterocycles. The lowest BCUT2D eigenvalue weighted by Gasteiger charge is -2.19. The molecule has 6 nitrogen and oxygen atoms in total. The average molecular weight is 400 g/mol. The van der Waals surface area contributed by atoms with Crippen LogP contribution in [0.5, 0.6) is 5.75 Å². The van der Waals surface area contributed by atoms with E-state index in [2.05, 4.69) is 11.1 Å². The Morgan fingerprint density at radius 1 is 1.21 bits per heavy atom. The summed E-state index contributed by atoms with van der Waals surface area (Å²) in [4.78, 5) is 18.3. The molecule has 1 aromatic heterocycles. The number of ether oxygens (including phenoxy) is 2. The first-order valence-electron chi connectivity index (χ1n) is 9.16. The van der Waals surface area contributed by atoms with Crippen molar-refractivity contribution in [3.63, 3.8) is 0 Å². The number of aliphatic hydroxyl groups excluding tert-OH is 1. The quantitative estimate of drug-likeness (QED) is 0.556. The van der Waals surface area contributed by atoms with E-state index in [-0.39, 0.29) is 12.6 Å². The van der Waals surface area contributed by atoms with Crippen molar-refractivity contribution >= 4 is 27.5 Å². The fraction of sp³-hybridized carbons (Fsp3) is 0.333. The fourth-order valence-corrected chi connectivity index (χ4v) is 3.84. The molecule has 0 aliphatic carbocycles. The second kappa shape index (κ2) is 9.64. The summed E-state index contributed by atoms with van der Waals surface area (Å²) in [6.45, 7) is 3.42. The molecule has 2 aromatic carbocycles. The van der Waals surface area contributed by atoms with Crippen LogP contribution in [-0.2, 0) is 11.3 Å². The van der Waals surface area contributed by atoms with Gasteiger partial charge in [0.2, 0.25) is 0 Å². The number of carbonyl (C=O) groups is 1. The summed E-state index contributed by atoms with van der Waals surface area (Å²) >= 11 is 1.67. The number of likely N-dealkylation sites (N-methyl/N-ethyl adjacent to an activating group) is 1. The van der Waals surface area contributed by atoms with Gasteiger partial charge in [0.15, 0.2) is 0 Å². The van der Waals surface area contributed by atoms with Crippen molar-refractivity contribution in [3.8, 4) is 5.75 Å². The molecule has 28 heavy (non-hydrogen) atoms. The average Bonchev–Trinajstić information content (AvgIpc) is 3.09. The van der Waals surface area contributed by atoms with Crippen molar-refractivity contribution in [2.45, 2.75) is 19.6 Å². The van der Waals surface area contributed by atoms with E-state index >= 15 is 0 Å². The number of hydrogen-bond donors (Lipinski definition) is 1. The lowest BCUT2D eigenvalue weighted by Crippen LogP contribution is -2.32. The number of thiazole rings is 1. The molecule has 1 heterocycles. The molecule has 3 aromatic rings. The lowest BCUT2D eigenvalue weighted by atomic mass is 10.2. The number of para-hydroxylation sites is 1. The Kier molecular flexibility index (Phi) is 6.97. The van der Waals surface area contributed by atoms with Gasteiger partial charge in [-0.25, -0.2) is 9.78 Å². The standard InChI is InChI=1S/C21H24N2O4S/c1-3-26-21(25)15-8-10-17(11-9-15)27-14-16(24)12-23(2)13-20-22-18-6-4-5-7-19(18)28-20/h4-11,16,24H,3,12-14H2,1-2H3. The van der Waals surface area contributed by atoms with Crippen molar-refractivity contribution in [2.75, 3.05) is 26.8 Å². The number of esters is 1. The number of rotatable bonds is 9. The lowest BCUT2D eigenvalue weighted by molar-refractivity contribution is 0.0525. The monoisotopic (exact) mass is 400 g/mol. The molecule has 0 bridgehead atoms. The first-order valence-corrected chi connectivity index (χ1v) is 9.98. The van der Waals surface area contributed by atoms with Crippen LogP contribution in [-0.4, -0.2) is 53.9 Å². The molecule has 0 radical (unpaired) electrons. The van der Waals surface area contributed by atoms with Crippen molar-refractivity contribution in [2.24, 2.45) is 0 Å². The predicted octanol–water partition coefficient (Wildman–Crippen LogP) is 3.34. The van der Waals surface area contributed by atoms with Crippen LogP contribution in [0, 0.1) is 0 Å². The van der Waals surface area contributed by atoms with Gasteiger partial charge in [-0.3, -0.25) is 4.90 Å². The van der Waals surface area contributed by atoms with Gasteiger partial charge in [-0.05, 0) is 50.4 Å². The molecule has 1 unspecified atom stereocenters. The minimum Gasteiger partial charge on any atom is -0.491 e. The second-order valence-corrected chi connectivity index (χ2v) is 7.60. The minimum atomic E-state index is -0.635. The maximum absolute atomic E-state index is 11.6. The fourth-order valence-electron chi connectivity index (χ4n) is 2.79. The van der Waals surface area contributed by atoms with Crippen LogP contribution in [0.1, 0.15) is 22.3 Å². The van der Waals surface area contributed by atoms with Crippen LogP contribution in [0.4, 0.5) is 0 Å². The summed E-state index contributed by atoms with van der Waals surface area (Å²) in [5, 5.41) is 11.3. The molecule has 1 N–H and O–H groups in total. The highest BCUT2D eigenvalue weighted by molar-refractivity contribution is 7.18. The molecule has 1 atom stereocenters. The second-order valence-electron chi connectivity index (χ2n) is 6.48. The Balaban J connectivity index is 1.45. The summed E-state index contributed by atoms with van der Waals surface area (Å²) in [5.74, 6) is 0.242. The molecule has 148 valence electrons. The number of aliphatic hydroxyl groups is 1. The predicted molar refractivity (Wildman–Crippen MR) is 110 cm³/mol. The van der Waals surface area contributed by atoms with Crippen LogP contribution >= 0.6 is 11.3 Å². The highest BCUT2D eigenvalue weighted by atomic mass is 32.1. The number of benzene rings is 2. The topological polar surface area (TPSA) is 71.9 Å². The Morgan fingerprint density at radius 3 is 2.68 bits per heavy atom. The van der Waals surface area contributed by atoms with Crippen molar-refractivity contribution in [1.82, 2.24) is 9.88 Å². The molecule has 0 fully saturated rings. The van der Waals surface area contributed by atoms with Crippen LogP contribution in [0.2, 0.25) is 0 Å². The molecule has 0 saturated heterocycles. The molecule has 0 aliphatic rings. The van der Waals surface area contributed by atoms with E-state index in [0.717, 1.165) is 10.5 Å². The Morgan fingerprint density at radius 2 is 1.96 bits per heavy atom. The first kappa shape index (κ1) is 20.3. The molecule has 3 rings (SSSR count). The van der Waals surface area contributed by atoms with Gasteiger partial charge in [-0.15, -0.1) is 11.3 Å². The van der Waals surface area contributed by atoms with E-state index < -0.39 is 6.10 Å². The summed E-state index contributed by atoms with van der Waals surface area (Å²) in [6.07, 6.45) is -0.635. The molecule has 0 spiro atoms. The van der Waals surface area contributed by atoms with Crippen molar-refractivity contribution in [3.05, 3.63) is 59.1 Å². The molecule has 0 amide bonds. The third kappa shape index (κ3) is 5.51. The molecular weight excluding hydrogens is 376 g/mol. The highest BCUT2D eigenvalue weighted by Gasteiger charge is 2.12. The van der Waals surface area contributed by atoms with E-state index in [1.165, 1.54) is 4.70 Å². The van der Waals surface area contributed by atoms with Gasteiger partial charge in [0.1, 0.15) is 23.5 Å². The van der Waals surface area contributed by atoms with Gasteiger partial charge < -0.3 is 14.6 Å². The summed E-state index contributed by atoms with van der Waals surface area (Å²) < 4.78 is 11.7. The Labute approximate surface area is 168 Å². The number of carbonyl (C=O) groups excluding carboxylic acids is 1. The zero-order valence-electron chi connectivity index (χ0n) is 16.0. The summed E-state index contributed by atoms with van der Waals surface area (Å²) in [6, 6.07) is 14.8. The number of fused-ring (bicyclic) bond motifs is 1. The first-order chi connectivity index (χ1) is 13.5. The largest absolute Gasteiger partial charge is 0.491 e. The molecular formula is C21H24N2O4S. The highest BCUT2D eigenvalue weighted by Crippen LogP contribution is 2.22. The third-order valence-electron chi connectivity index (χ3n) is 4.07. The van der Waals surface area contributed by atoms with Crippen LogP contribution in [0.25, 0.3) is 10.2 Å². The maximum atomic E-state index is 11.6. The smallest absolute Gasteiger partial charge is 0.338 e. The summed E-state index contributed by atoms with van der Waals surface area (Å²) in [7, 11) is 1.95. The molecule has 0 saturated carbocycles.